The van der Waals surface area contributed by atoms with Gasteiger partial charge in [-0.25, -0.2) is 4.79 Å². The Hall–Kier alpha value is -0.440. The third-order valence-corrected chi connectivity index (χ3v) is 4.74. The molecule has 0 aliphatic heterocycles. The third-order valence-electron chi connectivity index (χ3n) is 3.72. The molecule has 2 rings (SSSR count). The molecule has 0 radical (unpaired) electrons. The average molecular weight is 336 g/mol. The van der Waals surface area contributed by atoms with Crippen LogP contribution in [0.1, 0.15) is 49.4 Å². The lowest BCUT2D eigenvalue weighted by Gasteiger charge is -2.09. The van der Waals surface area contributed by atoms with Crippen LogP contribution in [-0.2, 0) is 4.74 Å². The van der Waals surface area contributed by atoms with E-state index in [2.05, 4.69) is 6.92 Å². The van der Waals surface area contributed by atoms with Crippen molar-refractivity contribution >= 4 is 40.8 Å². The quantitative estimate of drug-likeness (QED) is 0.374. The second kappa shape index (κ2) is 6.55. The van der Waals surface area contributed by atoms with Crippen molar-refractivity contribution in [1.29, 1.82) is 0 Å². The molecule has 0 aromatic heterocycles. The Morgan fingerprint density at radius 1 is 1.25 bits per heavy atom. The van der Waals surface area contributed by atoms with Gasteiger partial charge in [0.05, 0.1) is 22.2 Å². The lowest BCUT2D eigenvalue weighted by molar-refractivity contribution is 0.0497. The van der Waals surface area contributed by atoms with E-state index in [0.717, 1.165) is 12.8 Å². The minimum atomic E-state index is -0.475. The zero-order valence-corrected chi connectivity index (χ0v) is 13.6. The number of halogens is 3. The maximum absolute atomic E-state index is 11.9. The summed E-state index contributed by atoms with van der Waals surface area (Å²) < 4.78 is 5.21. The van der Waals surface area contributed by atoms with E-state index in [1.54, 1.807) is 0 Å². The Balaban J connectivity index is 1.79. The molecule has 110 valence electrons. The fourth-order valence-electron chi connectivity index (χ4n) is 2.06. The fourth-order valence-corrected chi connectivity index (χ4v) is 2.74. The van der Waals surface area contributed by atoms with Gasteiger partial charge < -0.3 is 4.74 Å². The van der Waals surface area contributed by atoms with Crippen molar-refractivity contribution in [2.75, 3.05) is 6.61 Å². The first kappa shape index (κ1) is 15.9. The molecule has 1 saturated carbocycles. The summed E-state index contributed by atoms with van der Waals surface area (Å²) in [6, 6.07) is 2.97. The van der Waals surface area contributed by atoms with E-state index >= 15 is 0 Å². The van der Waals surface area contributed by atoms with Gasteiger partial charge in [0.1, 0.15) is 0 Å². The molecule has 1 aromatic rings. The molecular formula is C15H17Cl3O2. The van der Waals surface area contributed by atoms with Crippen molar-refractivity contribution in [2.24, 2.45) is 5.41 Å². The normalized spacial score (nSPS) is 16.0. The Morgan fingerprint density at radius 2 is 1.95 bits per heavy atom. The standard InChI is InChI=1S/C15H17Cl3O2/c1-15(5-6-15)4-2-3-7-20-14(19)11-8-10(16)9-12(17)13(11)18/h8-9H,2-7H2,1H3. The van der Waals surface area contributed by atoms with Crippen LogP contribution in [0.25, 0.3) is 0 Å². The minimum absolute atomic E-state index is 0.187. The fraction of sp³-hybridized carbons (Fsp3) is 0.533. The Kier molecular flexibility index (Phi) is 5.22. The zero-order chi connectivity index (χ0) is 14.8. The number of hydrogen-bond acceptors (Lipinski definition) is 2. The van der Waals surface area contributed by atoms with Gasteiger partial charge in [-0.1, -0.05) is 41.7 Å². The molecule has 1 aliphatic rings. The molecule has 0 heterocycles. The highest BCUT2D eigenvalue weighted by Crippen LogP contribution is 2.49. The van der Waals surface area contributed by atoms with Gasteiger partial charge in [0.2, 0.25) is 0 Å². The van der Waals surface area contributed by atoms with Crippen LogP contribution in [0.2, 0.25) is 15.1 Å². The van der Waals surface area contributed by atoms with Gasteiger partial charge in [0.25, 0.3) is 0 Å². The van der Waals surface area contributed by atoms with Crippen LogP contribution in [0.3, 0.4) is 0 Å². The topological polar surface area (TPSA) is 26.3 Å². The van der Waals surface area contributed by atoms with Crippen molar-refractivity contribution in [2.45, 2.75) is 39.0 Å². The number of esters is 1. The van der Waals surface area contributed by atoms with E-state index in [1.807, 2.05) is 0 Å². The van der Waals surface area contributed by atoms with Crippen LogP contribution in [0, 0.1) is 5.41 Å². The number of carbonyl (C=O) groups excluding carboxylic acids is 1. The smallest absolute Gasteiger partial charge is 0.339 e. The molecule has 20 heavy (non-hydrogen) atoms. The molecule has 5 heteroatoms. The zero-order valence-electron chi connectivity index (χ0n) is 11.3. The maximum Gasteiger partial charge on any atom is 0.339 e. The summed E-state index contributed by atoms with van der Waals surface area (Å²) in [6.45, 7) is 2.70. The molecule has 0 amide bonds. The van der Waals surface area contributed by atoms with E-state index in [1.165, 1.54) is 31.4 Å². The summed E-state index contributed by atoms with van der Waals surface area (Å²) in [5.74, 6) is -0.475. The summed E-state index contributed by atoms with van der Waals surface area (Å²) in [5.41, 5.74) is 0.770. The van der Waals surface area contributed by atoms with Crippen molar-refractivity contribution in [3.8, 4) is 0 Å². The first-order valence-electron chi connectivity index (χ1n) is 6.73. The Bertz CT molecular complexity index is 510. The summed E-state index contributed by atoms with van der Waals surface area (Å²) in [7, 11) is 0. The van der Waals surface area contributed by atoms with Gasteiger partial charge in [-0.15, -0.1) is 0 Å². The molecule has 0 atom stereocenters. The number of hydrogen-bond donors (Lipinski definition) is 0. The molecule has 0 bridgehead atoms. The highest BCUT2D eigenvalue weighted by atomic mass is 35.5. The van der Waals surface area contributed by atoms with Crippen LogP contribution in [-0.4, -0.2) is 12.6 Å². The SMILES string of the molecule is CC1(CCCCOC(=O)c2cc(Cl)cc(Cl)c2Cl)CC1. The Labute approximate surface area is 134 Å². The van der Waals surface area contributed by atoms with Gasteiger partial charge in [-0.3, -0.25) is 0 Å². The summed E-state index contributed by atoms with van der Waals surface area (Å²) in [6.07, 6.45) is 5.79. The summed E-state index contributed by atoms with van der Waals surface area (Å²) in [4.78, 5) is 11.9. The molecule has 0 N–H and O–H groups in total. The molecule has 0 spiro atoms. The van der Waals surface area contributed by atoms with E-state index in [-0.39, 0.29) is 15.6 Å². The number of rotatable bonds is 6. The molecule has 1 fully saturated rings. The van der Waals surface area contributed by atoms with Gasteiger partial charge in [0, 0.05) is 5.02 Å². The first-order valence-corrected chi connectivity index (χ1v) is 7.86. The molecule has 1 aliphatic carbocycles. The van der Waals surface area contributed by atoms with Gasteiger partial charge >= 0.3 is 5.97 Å². The van der Waals surface area contributed by atoms with E-state index < -0.39 is 5.97 Å². The van der Waals surface area contributed by atoms with Gasteiger partial charge in [-0.2, -0.15) is 0 Å². The number of unbranched alkanes of at least 4 members (excludes halogenated alkanes) is 1. The predicted octanol–water partition coefficient (Wildman–Crippen LogP) is 5.77. The Morgan fingerprint density at radius 3 is 2.60 bits per heavy atom. The monoisotopic (exact) mass is 334 g/mol. The van der Waals surface area contributed by atoms with Gasteiger partial charge in [-0.05, 0) is 49.7 Å². The van der Waals surface area contributed by atoms with Crippen molar-refractivity contribution in [3.05, 3.63) is 32.8 Å². The average Bonchev–Trinajstić information content (AvgIpc) is 3.11. The highest BCUT2D eigenvalue weighted by molar-refractivity contribution is 6.45. The van der Waals surface area contributed by atoms with Crippen LogP contribution in [0.15, 0.2) is 12.1 Å². The van der Waals surface area contributed by atoms with Crippen molar-refractivity contribution in [3.63, 3.8) is 0 Å². The third kappa shape index (κ3) is 4.28. The second-order valence-electron chi connectivity index (χ2n) is 5.65. The number of benzene rings is 1. The molecule has 0 saturated heterocycles. The van der Waals surface area contributed by atoms with Crippen LogP contribution in [0.4, 0.5) is 0 Å². The largest absolute Gasteiger partial charge is 0.462 e. The molecule has 2 nitrogen and oxygen atoms in total. The molecular weight excluding hydrogens is 319 g/mol. The lowest BCUT2D eigenvalue weighted by Crippen LogP contribution is -2.08. The highest BCUT2D eigenvalue weighted by Gasteiger charge is 2.35. The van der Waals surface area contributed by atoms with E-state index in [9.17, 15) is 4.79 Å². The minimum Gasteiger partial charge on any atom is -0.462 e. The lowest BCUT2D eigenvalue weighted by atomic mass is 10.0. The van der Waals surface area contributed by atoms with E-state index in [0.29, 0.717) is 17.0 Å². The maximum atomic E-state index is 11.9. The van der Waals surface area contributed by atoms with E-state index in [4.69, 9.17) is 39.5 Å². The second-order valence-corrected chi connectivity index (χ2v) is 6.87. The van der Waals surface area contributed by atoms with Crippen LogP contribution in [0.5, 0.6) is 0 Å². The summed E-state index contributed by atoms with van der Waals surface area (Å²) >= 11 is 17.7. The predicted molar refractivity (Wildman–Crippen MR) is 82.9 cm³/mol. The molecule has 0 unspecified atom stereocenters. The van der Waals surface area contributed by atoms with Crippen LogP contribution < -0.4 is 0 Å². The van der Waals surface area contributed by atoms with Crippen molar-refractivity contribution < 1.29 is 9.53 Å². The summed E-state index contributed by atoms with van der Waals surface area (Å²) in [5, 5.41) is 0.812. The van der Waals surface area contributed by atoms with Gasteiger partial charge in [0.15, 0.2) is 0 Å². The first-order chi connectivity index (χ1) is 9.41. The number of carbonyl (C=O) groups is 1. The van der Waals surface area contributed by atoms with Crippen molar-refractivity contribution in [1.82, 2.24) is 0 Å². The number of ether oxygens (including phenoxy) is 1. The molecule has 1 aromatic carbocycles. The van der Waals surface area contributed by atoms with Crippen LogP contribution >= 0.6 is 34.8 Å².